The van der Waals surface area contributed by atoms with Crippen molar-refractivity contribution < 1.29 is 23.8 Å². The highest BCUT2D eigenvalue weighted by Crippen LogP contribution is 2.35. The smallest absolute Gasteiger partial charge is 0.342 e. The molecule has 0 bridgehead atoms. The molecule has 0 unspecified atom stereocenters. The van der Waals surface area contributed by atoms with Gasteiger partial charge in [-0.25, -0.2) is 4.79 Å². The normalized spacial score (nSPS) is 22.3. The van der Waals surface area contributed by atoms with Gasteiger partial charge in [-0.2, -0.15) is 0 Å². The number of carbonyl (C=O) groups excluding carboxylic acids is 2. The summed E-state index contributed by atoms with van der Waals surface area (Å²) in [5, 5.41) is 0. The Hall–Kier alpha value is -2.24. The molecular formula is C20H27NO5. The van der Waals surface area contributed by atoms with Crippen LogP contribution >= 0.6 is 0 Å². The summed E-state index contributed by atoms with van der Waals surface area (Å²) in [6.45, 7) is 0.542. The van der Waals surface area contributed by atoms with Gasteiger partial charge in [0.15, 0.2) is 6.61 Å². The fraction of sp³-hybridized carbons (Fsp3) is 0.600. The zero-order valence-corrected chi connectivity index (χ0v) is 15.5. The van der Waals surface area contributed by atoms with Crippen LogP contribution in [-0.4, -0.2) is 50.2 Å². The van der Waals surface area contributed by atoms with Crippen molar-refractivity contribution in [2.24, 2.45) is 5.92 Å². The van der Waals surface area contributed by atoms with Crippen molar-refractivity contribution in [2.45, 2.75) is 44.6 Å². The molecule has 2 aliphatic rings. The van der Waals surface area contributed by atoms with Crippen LogP contribution in [0.25, 0.3) is 0 Å². The van der Waals surface area contributed by atoms with E-state index in [1.165, 1.54) is 32.8 Å². The van der Waals surface area contributed by atoms with Crippen molar-refractivity contribution in [3.05, 3.63) is 23.8 Å². The van der Waals surface area contributed by atoms with E-state index in [2.05, 4.69) is 0 Å². The van der Waals surface area contributed by atoms with Crippen molar-refractivity contribution in [1.82, 2.24) is 4.90 Å². The molecule has 1 saturated carbocycles. The van der Waals surface area contributed by atoms with Gasteiger partial charge in [-0.05, 0) is 43.7 Å². The molecule has 1 heterocycles. The largest absolute Gasteiger partial charge is 0.497 e. The Morgan fingerprint density at radius 3 is 2.62 bits per heavy atom. The Balaban J connectivity index is 1.61. The summed E-state index contributed by atoms with van der Waals surface area (Å²) in [7, 11) is 3.02. The molecule has 3 rings (SSSR count). The second-order valence-electron chi connectivity index (χ2n) is 6.98. The number of esters is 1. The highest BCUT2D eigenvalue weighted by Gasteiger charge is 2.35. The first-order valence-corrected chi connectivity index (χ1v) is 9.32. The Morgan fingerprint density at radius 2 is 1.85 bits per heavy atom. The molecule has 6 nitrogen and oxygen atoms in total. The number of benzene rings is 1. The van der Waals surface area contributed by atoms with Gasteiger partial charge in [-0.3, -0.25) is 4.79 Å². The van der Waals surface area contributed by atoms with Gasteiger partial charge in [0.2, 0.25) is 0 Å². The lowest BCUT2D eigenvalue weighted by Gasteiger charge is -2.44. The Labute approximate surface area is 154 Å². The Morgan fingerprint density at radius 1 is 1.08 bits per heavy atom. The number of methoxy groups -OCH3 is 2. The maximum atomic E-state index is 12.6. The van der Waals surface area contributed by atoms with Crippen molar-refractivity contribution in [1.29, 1.82) is 0 Å². The average molecular weight is 361 g/mol. The Bertz CT molecular complexity index is 658. The standard InChI is InChI=1S/C20H27NO5/c1-24-15-9-10-16(18(12-15)25-2)20(23)26-13-19(22)21-11-5-7-14-6-3-4-8-17(14)21/h9-10,12,14,17H,3-8,11,13H2,1-2H3/t14-,17+/m0/s1. The number of hydrogen-bond acceptors (Lipinski definition) is 5. The van der Waals surface area contributed by atoms with Crippen LogP contribution in [0.4, 0.5) is 0 Å². The predicted molar refractivity (Wildman–Crippen MR) is 96.5 cm³/mol. The number of ether oxygens (including phenoxy) is 3. The maximum Gasteiger partial charge on any atom is 0.342 e. The third kappa shape index (κ3) is 3.94. The molecule has 142 valence electrons. The number of amides is 1. The van der Waals surface area contributed by atoms with Crippen molar-refractivity contribution in [3.8, 4) is 11.5 Å². The molecule has 1 aromatic rings. The minimum atomic E-state index is -0.560. The van der Waals surface area contributed by atoms with Gasteiger partial charge in [-0.15, -0.1) is 0 Å². The zero-order chi connectivity index (χ0) is 18.5. The first-order valence-electron chi connectivity index (χ1n) is 9.32. The second kappa shape index (κ2) is 8.43. The molecule has 1 amide bonds. The van der Waals surface area contributed by atoms with Crippen molar-refractivity contribution >= 4 is 11.9 Å². The number of hydrogen-bond donors (Lipinski definition) is 0. The minimum Gasteiger partial charge on any atom is -0.497 e. The van der Waals surface area contributed by atoms with E-state index in [1.54, 1.807) is 25.3 Å². The van der Waals surface area contributed by atoms with Gasteiger partial charge in [0.05, 0.1) is 14.2 Å². The third-order valence-electron chi connectivity index (χ3n) is 5.52. The van der Waals surface area contributed by atoms with Crippen LogP contribution in [0.5, 0.6) is 11.5 Å². The van der Waals surface area contributed by atoms with Crippen LogP contribution in [0.3, 0.4) is 0 Å². The lowest BCUT2D eigenvalue weighted by Crippen LogP contribution is -2.50. The van der Waals surface area contributed by atoms with Crippen LogP contribution in [0.15, 0.2) is 18.2 Å². The maximum absolute atomic E-state index is 12.6. The third-order valence-corrected chi connectivity index (χ3v) is 5.52. The van der Waals surface area contributed by atoms with E-state index in [0.717, 1.165) is 19.4 Å². The SMILES string of the molecule is COc1ccc(C(=O)OCC(=O)N2CCC[C@@H]3CCCC[C@H]32)c(OC)c1. The van der Waals surface area contributed by atoms with E-state index < -0.39 is 5.97 Å². The summed E-state index contributed by atoms with van der Waals surface area (Å²) in [5.74, 6) is 0.912. The number of rotatable bonds is 5. The average Bonchev–Trinajstić information content (AvgIpc) is 2.70. The first-order chi connectivity index (χ1) is 12.6. The van der Waals surface area contributed by atoms with Crippen LogP contribution in [-0.2, 0) is 9.53 Å². The lowest BCUT2D eigenvalue weighted by atomic mass is 9.78. The fourth-order valence-electron chi connectivity index (χ4n) is 4.19. The van der Waals surface area contributed by atoms with Gasteiger partial charge < -0.3 is 19.1 Å². The molecule has 1 saturated heterocycles. The number of piperidine rings is 1. The number of carbonyl (C=O) groups is 2. The quantitative estimate of drug-likeness (QED) is 0.754. The van der Waals surface area contributed by atoms with E-state index in [1.807, 2.05) is 4.90 Å². The van der Waals surface area contributed by atoms with E-state index in [4.69, 9.17) is 14.2 Å². The highest BCUT2D eigenvalue weighted by atomic mass is 16.5. The van der Waals surface area contributed by atoms with Crippen LogP contribution in [0, 0.1) is 5.92 Å². The molecule has 1 aliphatic carbocycles. The zero-order valence-electron chi connectivity index (χ0n) is 15.5. The van der Waals surface area contributed by atoms with Gasteiger partial charge in [0.25, 0.3) is 5.91 Å². The van der Waals surface area contributed by atoms with Gasteiger partial charge in [0, 0.05) is 18.7 Å². The summed E-state index contributed by atoms with van der Waals surface area (Å²) in [6.07, 6.45) is 6.95. The first kappa shape index (κ1) is 18.5. The number of fused-ring (bicyclic) bond motifs is 1. The van der Waals surface area contributed by atoms with E-state index >= 15 is 0 Å². The van der Waals surface area contributed by atoms with Gasteiger partial charge in [-0.1, -0.05) is 12.8 Å². The molecule has 1 aliphatic heterocycles. The number of nitrogens with zero attached hydrogens (tertiary/aromatic N) is 1. The Kier molecular flexibility index (Phi) is 6.01. The van der Waals surface area contributed by atoms with Crippen LogP contribution in [0.2, 0.25) is 0 Å². The highest BCUT2D eigenvalue weighted by molar-refractivity contribution is 5.94. The summed E-state index contributed by atoms with van der Waals surface area (Å²) in [6, 6.07) is 5.19. The molecule has 0 radical (unpaired) electrons. The predicted octanol–water partition coefficient (Wildman–Crippen LogP) is 3.04. The molecule has 6 heteroatoms. The summed E-state index contributed by atoms with van der Waals surface area (Å²) in [5.41, 5.74) is 0.287. The van der Waals surface area contributed by atoms with Crippen LogP contribution in [0.1, 0.15) is 48.9 Å². The molecule has 0 spiro atoms. The molecule has 26 heavy (non-hydrogen) atoms. The van der Waals surface area contributed by atoms with Gasteiger partial charge in [0.1, 0.15) is 17.1 Å². The summed E-state index contributed by atoms with van der Waals surface area (Å²) >= 11 is 0. The fourth-order valence-corrected chi connectivity index (χ4v) is 4.19. The second-order valence-corrected chi connectivity index (χ2v) is 6.98. The molecular weight excluding hydrogens is 334 g/mol. The van der Waals surface area contributed by atoms with Crippen molar-refractivity contribution in [2.75, 3.05) is 27.4 Å². The van der Waals surface area contributed by atoms with Gasteiger partial charge >= 0.3 is 5.97 Å². The van der Waals surface area contributed by atoms with E-state index in [-0.39, 0.29) is 18.1 Å². The van der Waals surface area contributed by atoms with Crippen LogP contribution < -0.4 is 9.47 Å². The molecule has 2 fully saturated rings. The molecule has 1 aromatic carbocycles. The summed E-state index contributed by atoms with van der Waals surface area (Å²) in [4.78, 5) is 27.0. The lowest BCUT2D eigenvalue weighted by molar-refractivity contribution is -0.140. The number of likely N-dealkylation sites (tertiary alicyclic amines) is 1. The topological polar surface area (TPSA) is 65.1 Å². The minimum absolute atomic E-state index is 0.0950. The molecule has 2 atom stereocenters. The van der Waals surface area contributed by atoms with E-state index in [9.17, 15) is 9.59 Å². The van der Waals surface area contributed by atoms with Crippen molar-refractivity contribution in [3.63, 3.8) is 0 Å². The molecule has 0 aromatic heterocycles. The molecule has 0 N–H and O–H groups in total. The monoisotopic (exact) mass is 361 g/mol. The summed E-state index contributed by atoms with van der Waals surface area (Å²) < 4.78 is 15.6. The van der Waals surface area contributed by atoms with E-state index in [0.29, 0.717) is 23.5 Å².